The molecule has 2 aliphatic heterocycles. The van der Waals surface area contributed by atoms with Crippen molar-refractivity contribution < 1.29 is 18.7 Å². The van der Waals surface area contributed by atoms with Crippen molar-refractivity contribution in [2.24, 2.45) is 0 Å². The number of Topliss-reactive ketones (excluding diaryl/α,β-unsaturated/α-hetero) is 1. The highest BCUT2D eigenvalue weighted by molar-refractivity contribution is 6.31. The van der Waals surface area contributed by atoms with Gasteiger partial charge >= 0.3 is 0 Å². The molecule has 0 amide bonds. The molecule has 1 saturated heterocycles. The average Bonchev–Trinajstić information content (AvgIpc) is 2.97. The van der Waals surface area contributed by atoms with Crippen LogP contribution in [-0.4, -0.2) is 84.6 Å². The van der Waals surface area contributed by atoms with Gasteiger partial charge in [-0.2, -0.15) is 0 Å². The molecule has 220 valence electrons. The van der Waals surface area contributed by atoms with Gasteiger partial charge in [0.15, 0.2) is 11.5 Å². The highest BCUT2D eigenvalue weighted by Gasteiger charge is 2.21. The fourth-order valence-corrected chi connectivity index (χ4v) is 5.36. The number of aromatic nitrogens is 2. The Labute approximate surface area is 245 Å². The topological polar surface area (TPSA) is 91.8 Å². The highest BCUT2D eigenvalue weighted by Crippen LogP contribution is 2.36. The van der Waals surface area contributed by atoms with Gasteiger partial charge in [-0.1, -0.05) is 11.6 Å². The molecule has 0 radical (unpaired) electrons. The lowest BCUT2D eigenvalue weighted by Crippen LogP contribution is -2.43. The Morgan fingerprint density at radius 1 is 1.17 bits per heavy atom. The molecule has 2 N–H and O–H groups in total. The Hall–Kier alpha value is -3.05. The number of anilines is 2. The van der Waals surface area contributed by atoms with Gasteiger partial charge in [0.25, 0.3) is 0 Å². The number of rotatable bonds is 5. The largest absolute Gasteiger partial charge is 0.490 e. The monoisotopic (exact) mass is 584 g/mol. The lowest BCUT2D eigenvalue weighted by atomic mass is 10.1. The van der Waals surface area contributed by atoms with Crippen LogP contribution in [0.3, 0.4) is 0 Å². The van der Waals surface area contributed by atoms with Crippen molar-refractivity contribution in [3.63, 3.8) is 0 Å². The Morgan fingerprint density at radius 3 is 2.83 bits per heavy atom. The predicted molar refractivity (Wildman–Crippen MR) is 159 cm³/mol. The molecule has 9 nitrogen and oxygen atoms in total. The second kappa shape index (κ2) is 13.7. The van der Waals surface area contributed by atoms with Crippen LogP contribution >= 0.6 is 11.6 Å². The normalized spacial score (nSPS) is 19.5. The molecular weight excluding hydrogens is 547 g/mol. The number of benzene rings is 2. The van der Waals surface area contributed by atoms with E-state index in [2.05, 4.69) is 25.5 Å². The number of carbonyl (C=O) groups excluding carboxylic acids is 1. The van der Waals surface area contributed by atoms with Gasteiger partial charge in [0, 0.05) is 62.8 Å². The molecule has 11 heteroatoms. The summed E-state index contributed by atoms with van der Waals surface area (Å²) in [6, 6.07) is 6.40. The molecule has 2 aromatic carbocycles. The van der Waals surface area contributed by atoms with Gasteiger partial charge in [-0.3, -0.25) is 9.69 Å². The minimum absolute atomic E-state index is 0.00341. The number of nitrogens with one attached hydrogen (secondary N) is 2. The van der Waals surface area contributed by atoms with Crippen molar-refractivity contribution >= 4 is 39.8 Å². The Balaban J connectivity index is 1.45. The van der Waals surface area contributed by atoms with Gasteiger partial charge in [0.1, 0.15) is 23.7 Å². The van der Waals surface area contributed by atoms with E-state index >= 15 is 0 Å². The molecule has 0 spiro atoms. The van der Waals surface area contributed by atoms with Gasteiger partial charge in [-0.15, -0.1) is 0 Å². The number of likely N-dealkylation sites (N-methyl/N-ethyl adjacent to an activating group) is 1. The minimum Gasteiger partial charge on any atom is -0.490 e. The summed E-state index contributed by atoms with van der Waals surface area (Å²) in [5, 5.41) is 7.46. The average molecular weight is 585 g/mol. The zero-order chi connectivity index (χ0) is 28.8. The Morgan fingerprint density at radius 2 is 2.00 bits per heavy atom. The Kier molecular flexibility index (Phi) is 9.87. The van der Waals surface area contributed by atoms with E-state index < -0.39 is 5.82 Å². The van der Waals surface area contributed by atoms with E-state index in [0.29, 0.717) is 66.7 Å². The molecule has 1 aromatic heterocycles. The second-order valence-electron chi connectivity index (χ2n) is 10.7. The van der Waals surface area contributed by atoms with Crippen molar-refractivity contribution in [1.29, 1.82) is 0 Å². The maximum absolute atomic E-state index is 14.6. The number of ketones is 1. The molecule has 0 unspecified atom stereocenters. The smallest absolute Gasteiger partial charge is 0.163 e. The third-order valence-corrected chi connectivity index (χ3v) is 8.10. The maximum atomic E-state index is 14.6. The summed E-state index contributed by atoms with van der Waals surface area (Å²) in [5.41, 5.74) is 1.96. The van der Waals surface area contributed by atoms with E-state index in [1.807, 2.05) is 31.0 Å². The first kappa shape index (κ1) is 29.4. The van der Waals surface area contributed by atoms with E-state index in [1.54, 1.807) is 6.07 Å². The van der Waals surface area contributed by atoms with Gasteiger partial charge in [0.05, 0.1) is 29.8 Å². The predicted octanol–water partition coefficient (Wildman–Crippen LogP) is 4.79. The van der Waals surface area contributed by atoms with Crippen LogP contribution in [0.4, 0.5) is 15.9 Å². The lowest BCUT2D eigenvalue weighted by molar-refractivity contribution is -0.123. The molecule has 1 atom stereocenters. The highest BCUT2D eigenvalue weighted by atomic mass is 35.5. The molecule has 3 heterocycles. The number of carbonyl (C=O) groups is 1. The molecule has 0 saturated carbocycles. The number of hydrogen-bond acceptors (Lipinski definition) is 9. The first-order chi connectivity index (χ1) is 19.9. The number of halogens is 2. The van der Waals surface area contributed by atoms with Gasteiger partial charge in [-0.25, -0.2) is 14.4 Å². The van der Waals surface area contributed by atoms with Crippen LogP contribution in [0.1, 0.15) is 38.2 Å². The quantitative estimate of drug-likeness (QED) is 0.411. The fourth-order valence-electron chi connectivity index (χ4n) is 5.20. The van der Waals surface area contributed by atoms with E-state index in [1.165, 1.54) is 12.4 Å². The van der Waals surface area contributed by atoms with E-state index in [9.17, 15) is 9.18 Å². The van der Waals surface area contributed by atoms with Gasteiger partial charge in [0.2, 0.25) is 0 Å². The summed E-state index contributed by atoms with van der Waals surface area (Å²) in [6.45, 7) is 8.36. The molecule has 5 rings (SSSR count). The summed E-state index contributed by atoms with van der Waals surface area (Å²) in [5.74, 6) is 1.38. The third-order valence-electron chi connectivity index (χ3n) is 7.81. The first-order valence-corrected chi connectivity index (χ1v) is 14.7. The van der Waals surface area contributed by atoms with Crippen molar-refractivity contribution in [3.05, 3.63) is 47.0 Å². The molecule has 41 heavy (non-hydrogen) atoms. The van der Waals surface area contributed by atoms with Crippen molar-refractivity contribution in [2.75, 3.05) is 58.3 Å². The fraction of sp³-hybridized carbons (Fsp3) is 0.500. The molecular formula is C30H38ClFN6O3. The van der Waals surface area contributed by atoms with E-state index in [4.69, 9.17) is 21.1 Å². The first-order valence-electron chi connectivity index (χ1n) is 14.3. The number of nitrogens with zero attached hydrogens (tertiary/aromatic N) is 4. The summed E-state index contributed by atoms with van der Waals surface area (Å²) < 4.78 is 27.0. The minimum atomic E-state index is -0.518. The zero-order valence-electron chi connectivity index (χ0n) is 23.7. The molecule has 2 aliphatic rings. The van der Waals surface area contributed by atoms with Crippen LogP contribution < -0.4 is 20.1 Å². The molecule has 3 aromatic rings. The number of ether oxygens (including phenoxy) is 2. The standard InChI is InChI=1S/C30H38ClFN6O3/c1-20-27(39)6-3-4-12-40-28-15-22-26(17-29(28)41-13-5-9-38-10-7-33-8-11-38)34-19-35-30(22)36-25-16-23(31)24(32)14-21(25)18-37(20)2/h14-17,19-20,33H,3-13,18H2,1-2H3,(H,34,35,36)/t20-/m1/s1. The lowest BCUT2D eigenvalue weighted by Gasteiger charge is -2.27. The van der Waals surface area contributed by atoms with Crippen molar-refractivity contribution in [2.45, 2.75) is 45.2 Å². The summed E-state index contributed by atoms with van der Waals surface area (Å²) in [6.07, 6.45) is 4.26. The van der Waals surface area contributed by atoms with E-state index in [-0.39, 0.29) is 16.8 Å². The SMILES string of the molecule is C[C@@H]1C(=O)CCCCOc2cc3c(ncnc3cc2OCCCN2CCNCC2)Nc2cc(Cl)c(F)cc2CN1C. The van der Waals surface area contributed by atoms with Gasteiger partial charge < -0.3 is 25.0 Å². The van der Waals surface area contributed by atoms with Crippen LogP contribution in [0, 0.1) is 5.82 Å². The van der Waals surface area contributed by atoms with Crippen molar-refractivity contribution in [1.82, 2.24) is 25.1 Å². The Bertz CT molecular complexity index is 1370. The van der Waals surface area contributed by atoms with Crippen LogP contribution in [-0.2, 0) is 11.3 Å². The summed E-state index contributed by atoms with van der Waals surface area (Å²) in [4.78, 5) is 26.2. The summed E-state index contributed by atoms with van der Waals surface area (Å²) in [7, 11) is 1.86. The molecule has 1 fully saturated rings. The number of fused-ring (bicyclic) bond motifs is 2. The zero-order valence-corrected chi connectivity index (χ0v) is 24.5. The number of piperazine rings is 1. The number of hydrogen-bond donors (Lipinski definition) is 2. The van der Waals surface area contributed by atoms with Crippen molar-refractivity contribution in [3.8, 4) is 11.5 Å². The second-order valence-corrected chi connectivity index (χ2v) is 11.2. The van der Waals surface area contributed by atoms with Crippen LogP contribution in [0.5, 0.6) is 11.5 Å². The van der Waals surface area contributed by atoms with Crippen LogP contribution in [0.15, 0.2) is 30.6 Å². The molecule has 2 bridgehead atoms. The van der Waals surface area contributed by atoms with E-state index in [0.717, 1.165) is 51.0 Å². The summed E-state index contributed by atoms with van der Waals surface area (Å²) >= 11 is 6.19. The van der Waals surface area contributed by atoms with Crippen LogP contribution in [0.2, 0.25) is 5.02 Å². The van der Waals surface area contributed by atoms with Crippen LogP contribution in [0.25, 0.3) is 10.9 Å². The molecule has 0 aliphatic carbocycles. The third kappa shape index (κ3) is 7.43. The maximum Gasteiger partial charge on any atom is 0.163 e. The van der Waals surface area contributed by atoms with Gasteiger partial charge in [-0.05, 0) is 57.0 Å².